The molecule has 1 aromatic carbocycles. The van der Waals surface area contributed by atoms with Gasteiger partial charge < -0.3 is 10.2 Å². The van der Waals surface area contributed by atoms with E-state index in [1.54, 1.807) is 0 Å². The summed E-state index contributed by atoms with van der Waals surface area (Å²) in [5.41, 5.74) is 1.24. The van der Waals surface area contributed by atoms with E-state index in [4.69, 9.17) is 0 Å². The molecule has 2 heterocycles. The number of hydrogen-bond donors (Lipinski definition) is 1. The van der Waals surface area contributed by atoms with E-state index >= 15 is 0 Å². The van der Waals surface area contributed by atoms with E-state index in [9.17, 15) is 4.79 Å². The highest BCUT2D eigenvalue weighted by molar-refractivity contribution is 5.79. The number of hydrogen-bond acceptors (Lipinski definition) is 3. The van der Waals surface area contributed by atoms with Crippen molar-refractivity contribution in [2.24, 2.45) is 5.92 Å². The highest BCUT2D eigenvalue weighted by Gasteiger charge is 2.28. The summed E-state index contributed by atoms with van der Waals surface area (Å²) >= 11 is 0. The predicted octanol–water partition coefficient (Wildman–Crippen LogP) is 1.45. The molecular weight excluding hydrogens is 274 g/mol. The minimum Gasteiger partial charge on any atom is -0.340 e. The molecule has 4 heteroatoms. The van der Waals surface area contributed by atoms with Gasteiger partial charge in [0.2, 0.25) is 5.91 Å². The van der Waals surface area contributed by atoms with Gasteiger partial charge in [0.05, 0.1) is 5.92 Å². The highest BCUT2D eigenvalue weighted by atomic mass is 16.2. The number of amides is 1. The SMILES string of the molecule is O=C([C@H]1CCNC1)N1CCN(C/C=C/c2ccccc2)CC1. The van der Waals surface area contributed by atoms with Gasteiger partial charge in [-0.25, -0.2) is 0 Å². The molecular formula is C18H25N3O. The molecule has 2 fully saturated rings. The molecule has 0 aromatic heterocycles. The molecule has 0 unspecified atom stereocenters. The Kier molecular flexibility index (Phi) is 5.24. The zero-order chi connectivity index (χ0) is 15.2. The van der Waals surface area contributed by atoms with Gasteiger partial charge in [-0.3, -0.25) is 9.69 Å². The summed E-state index contributed by atoms with van der Waals surface area (Å²) in [6.45, 7) is 6.50. The fourth-order valence-electron chi connectivity index (χ4n) is 3.18. The Morgan fingerprint density at radius 1 is 1.18 bits per heavy atom. The lowest BCUT2D eigenvalue weighted by Gasteiger charge is -2.35. The fourth-order valence-corrected chi connectivity index (χ4v) is 3.18. The van der Waals surface area contributed by atoms with Crippen LogP contribution in [0.25, 0.3) is 6.08 Å². The monoisotopic (exact) mass is 299 g/mol. The molecule has 2 aliphatic heterocycles. The largest absolute Gasteiger partial charge is 0.340 e. The van der Waals surface area contributed by atoms with Crippen molar-refractivity contribution in [1.29, 1.82) is 0 Å². The zero-order valence-electron chi connectivity index (χ0n) is 13.1. The average molecular weight is 299 g/mol. The maximum Gasteiger partial charge on any atom is 0.227 e. The predicted molar refractivity (Wildman–Crippen MR) is 89.5 cm³/mol. The summed E-state index contributed by atoms with van der Waals surface area (Å²) in [6.07, 6.45) is 5.38. The van der Waals surface area contributed by atoms with Crippen molar-refractivity contribution < 1.29 is 4.79 Å². The van der Waals surface area contributed by atoms with Crippen LogP contribution >= 0.6 is 0 Å². The average Bonchev–Trinajstić information content (AvgIpc) is 3.10. The lowest BCUT2D eigenvalue weighted by atomic mass is 10.1. The number of carbonyl (C=O) groups excluding carboxylic acids is 1. The second-order valence-corrected chi connectivity index (χ2v) is 6.13. The third-order valence-corrected chi connectivity index (χ3v) is 4.57. The fraction of sp³-hybridized carbons (Fsp3) is 0.500. The van der Waals surface area contributed by atoms with Crippen LogP contribution in [0, 0.1) is 5.92 Å². The van der Waals surface area contributed by atoms with Crippen molar-refractivity contribution in [3.8, 4) is 0 Å². The lowest BCUT2D eigenvalue weighted by Crippen LogP contribution is -2.50. The zero-order valence-corrected chi connectivity index (χ0v) is 13.1. The maximum absolute atomic E-state index is 12.4. The van der Waals surface area contributed by atoms with E-state index < -0.39 is 0 Å². The Labute approximate surface area is 132 Å². The van der Waals surface area contributed by atoms with Crippen LogP contribution in [0.4, 0.5) is 0 Å². The van der Waals surface area contributed by atoms with Crippen LogP contribution in [0.2, 0.25) is 0 Å². The molecule has 1 atom stereocenters. The van der Waals surface area contributed by atoms with Crippen LogP contribution in [0.5, 0.6) is 0 Å². The quantitative estimate of drug-likeness (QED) is 0.914. The van der Waals surface area contributed by atoms with Crippen molar-refractivity contribution in [3.63, 3.8) is 0 Å². The molecule has 1 amide bonds. The first-order valence-electron chi connectivity index (χ1n) is 8.26. The maximum atomic E-state index is 12.4. The molecule has 0 aliphatic carbocycles. The van der Waals surface area contributed by atoms with Gasteiger partial charge in [-0.05, 0) is 18.5 Å². The molecule has 0 spiro atoms. The van der Waals surface area contributed by atoms with E-state index in [1.807, 2.05) is 6.07 Å². The van der Waals surface area contributed by atoms with Gasteiger partial charge in [-0.2, -0.15) is 0 Å². The third kappa shape index (κ3) is 3.96. The van der Waals surface area contributed by atoms with Gasteiger partial charge in [0.25, 0.3) is 0 Å². The van der Waals surface area contributed by atoms with E-state index in [1.165, 1.54) is 5.56 Å². The third-order valence-electron chi connectivity index (χ3n) is 4.57. The second kappa shape index (κ2) is 7.56. The lowest BCUT2D eigenvalue weighted by molar-refractivity contribution is -0.136. The number of nitrogens with one attached hydrogen (secondary N) is 1. The van der Waals surface area contributed by atoms with E-state index in [2.05, 4.69) is 51.5 Å². The normalized spacial score (nSPS) is 23.3. The minimum atomic E-state index is 0.213. The van der Waals surface area contributed by atoms with Crippen LogP contribution in [-0.4, -0.2) is 61.5 Å². The minimum absolute atomic E-state index is 0.213. The van der Waals surface area contributed by atoms with Gasteiger partial charge in [0, 0.05) is 39.3 Å². The van der Waals surface area contributed by atoms with Gasteiger partial charge in [0.1, 0.15) is 0 Å². The molecule has 4 nitrogen and oxygen atoms in total. The van der Waals surface area contributed by atoms with Crippen molar-refractivity contribution in [1.82, 2.24) is 15.1 Å². The van der Waals surface area contributed by atoms with Gasteiger partial charge >= 0.3 is 0 Å². The molecule has 1 aromatic rings. The Morgan fingerprint density at radius 2 is 1.95 bits per heavy atom. The molecule has 118 valence electrons. The molecule has 22 heavy (non-hydrogen) atoms. The Morgan fingerprint density at radius 3 is 2.64 bits per heavy atom. The molecule has 2 aliphatic rings. The van der Waals surface area contributed by atoms with Crippen LogP contribution in [-0.2, 0) is 4.79 Å². The second-order valence-electron chi connectivity index (χ2n) is 6.13. The number of carbonyl (C=O) groups is 1. The Balaban J connectivity index is 1.42. The van der Waals surface area contributed by atoms with Crippen LogP contribution in [0.3, 0.4) is 0 Å². The van der Waals surface area contributed by atoms with E-state index in [0.717, 1.165) is 52.2 Å². The van der Waals surface area contributed by atoms with Crippen molar-refractivity contribution in [3.05, 3.63) is 42.0 Å². The number of piperazine rings is 1. The Hall–Kier alpha value is -1.65. The van der Waals surface area contributed by atoms with E-state index in [0.29, 0.717) is 5.91 Å². The van der Waals surface area contributed by atoms with Gasteiger partial charge in [-0.1, -0.05) is 42.5 Å². The molecule has 1 N–H and O–H groups in total. The van der Waals surface area contributed by atoms with Gasteiger partial charge in [-0.15, -0.1) is 0 Å². The number of benzene rings is 1. The number of nitrogens with zero attached hydrogens (tertiary/aromatic N) is 2. The van der Waals surface area contributed by atoms with Crippen LogP contribution < -0.4 is 5.32 Å². The first-order valence-corrected chi connectivity index (χ1v) is 8.26. The smallest absolute Gasteiger partial charge is 0.227 e. The molecule has 3 rings (SSSR count). The number of rotatable bonds is 4. The van der Waals surface area contributed by atoms with Gasteiger partial charge in [0.15, 0.2) is 0 Å². The molecule has 0 saturated carbocycles. The van der Waals surface area contributed by atoms with Crippen molar-refractivity contribution in [2.75, 3.05) is 45.8 Å². The molecule has 0 bridgehead atoms. The summed E-state index contributed by atoms with van der Waals surface area (Å²) in [4.78, 5) is 16.8. The first-order chi connectivity index (χ1) is 10.8. The van der Waals surface area contributed by atoms with Crippen molar-refractivity contribution in [2.45, 2.75) is 6.42 Å². The summed E-state index contributed by atoms with van der Waals surface area (Å²) in [7, 11) is 0. The summed E-state index contributed by atoms with van der Waals surface area (Å²) in [6, 6.07) is 10.4. The Bertz CT molecular complexity index is 500. The highest BCUT2D eigenvalue weighted by Crippen LogP contribution is 2.13. The van der Waals surface area contributed by atoms with E-state index in [-0.39, 0.29) is 5.92 Å². The standard InChI is InChI=1S/C18H25N3O/c22-18(17-8-9-19-15-17)21-13-11-20(12-14-21)10-4-7-16-5-2-1-3-6-16/h1-7,17,19H,8-15H2/b7-4+/t17-/m0/s1. The van der Waals surface area contributed by atoms with Crippen molar-refractivity contribution >= 4 is 12.0 Å². The van der Waals surface area contributed by atoms with Crippen LogP contribution in [0.15, 0.2) is 36.4 Å². The summed E-state index contributed by atoms with van der Waals surface area (Å²) in [5.74, 6) is 0.564. The molecule has 2 saturated heterocycles. The van der Waals surface area contributed by atoms with Crippen LogP contribution in [0.1, 0.15) is 12.0 Å². The summed E-state index contributed by atoms with van der Waals surface area (Å²) < 4.78 is 0. The summed E-state index contributed by atoms with van der Waals surface area (Å²) in [5, 5.41) is 3.28. The first kappa shape index (κ1) is 15.3. The topological polar surface area (TPSA) is 35.6 Å². The molecule has 0 radical (unpaired) electrons.